The van der Waals surface area contributed by atoms with E-state index in [4.69, 9.17) is 22.7 Å². The zero-order valence-electron chi connectivity index (χ0n) is 9.26. The van der Waals surface area contributed by atoms with Crippen LogP contribution in [-0.2, 0) is 16.1 Å². The zero-order valence-corrected chi connectivity index (χ0v) is 10.1. The molecule has 0 saturated carbocycles. The first kappa shape index (κ1) is 11.9. The number of thiocarbonyl (C=S) groups is 1. The van der Waals surface area contributed by atoms with E-state index in [1.807, 2.05) is 12.1 Å². The first-order valence-corrected chi connectivity index (χ1v) is 5.68. The van der Waals surface area contributed by atoms with Crippen LogP contribution in [0, 0.1) is 0 Å². The fraction of sp³-hybridized carbons (Fsp3) is 0.364. The van der Waals surface area contributed by atoms with Crippen molar-refractivity contribution in [2.75, 3.05) is 19.8 Å². The van der Waals surface area contributed by atoms with Gasteiger partial charge in [-0.3, -0.25) is 9.78 Å². The highest BCUT2D eigenvalue weighted by Crippen LogP contribution is 2.08. The van der Waals surface area contributed by atoms with Gasteiger partial charge in [0.1, 0.15) is 11.6 Å². The summed E-state index contributed by atoms with van der Waals surface area (Å²) in [6.45, 7) is 1.90. The van der Waals surface area contributed by atoms with E-state index in [0.717, 1.165) is 5.56 Å². The quantitative estimate of drug-likeness (QED) is 0.770. The van der Waals surface area contributed by atoms with Crippen molar-refractivity contribution in [1.82, 2.24) is 9.88 Å². The second-order valence-electron chi connectivity index (χ2n) is 3.78. The second kappa shape index (κ2) is 5.20. The van der Waals surface area contributed by atoms with Crippen LogP contribution in [0.5, 0.6) is 0 Å². The number of carbonyl (C=O) groups is 1. The van der Waals surface area contributed by atoms with Gasteiger partial charge in [-0.1, -0.05) is 12.2 Å². The van der Waals surface area contributed by atoms with Crippen LogP contribution in [0.3, 0.4) is 0 Å². The largest absolute Gasteiger partial charge is 0.388 e. The molecule has 17 heavy (non-hydrogen) atoms. The molecule has 2 rings (SSSR count). The van der Waals surface area contributed by atoms with E-state index < -0.39 is 0 Å². The Morgan fingerprint density at radius 3 is 3.18 bits per heavy atom. The van der Waals surface area contributed by atoms with E-state index in [2.05, 4.69) is 4.98 Å². The summed E-state index contributed by atoms with van der Waals surface area (Å²) in [4.78, 5) is 17.6. The Balaban J connectivity index is 2.09. The summed E-state index contributed by atoms with van der Waals surface area (Å²) in [5.41, 5.74) is 7.06. The molecule has 0 atom stereocenters. The highest BCUT2D eigenvalue weighted by Gasteiger charge is 2.18. The van der Waals surface area contributed by atoms with Crippen LogP contribution in [0.1, 0.15) is 11.3 Å². The van der Waals surface area contributed by atoms with Gasteiger partial charge in [0, 0.05) is 19.3 Å². The first-order valence-electron chi connectivity index (χ1n) is 5.27. The van der Waals surface area contributed by atoms with Gasteiger partial charge in [-0.25, -0.2) is 0 Å². The van der Waals surface area contributed by atoms with Crippen LogP contribution in [0.15, 0.2) is 18.3 Å². The van der Waals surface area contributed by atoms with Crippen LogP contribution in [0.2, 0.25) is 0 Å². The average molecular weight is 251 g/mol. The van der Waals surface area contributed by atoms with Crippen molar-refractivity contribution in [2.24, 2.45) is 5.73 Å². The molecule has 1 aliphatic heterocycles. The third-order valence-electron chi connectivity index (χ3n) is 2.53. The van der Waals surface area contributed by atoms with Crippen molar-refractivity contribution in [1.29, 1.82) is 0 Å². The molecule has 1 aliphatic rings. The first-order chi connectivity index (χ1) is 8.16. The molecule has 0 spiro atoms. The number of pyridine rings is 1. The molecule has 1 aromatic heterocycles. The van der Waals surface area contributed by atoms with Crippen molar-refractivity contribution in [3.05, 3.63) is 29.6 Å². The molecule has 5 nitrogen and oxygen atoms in total. The summed E-state index contributed by atoms with van der Waals surface area (Å²) in [6.07, 6.45) is 1.65. The van der Waals surface area contributed by atoms with Crippen molar-refractivity contribution < 1.29 is 9.53 Å². The lowest BCUT2D eigenvalue weighted by molar-refractivity contribution is -0.143. The van der Waals surface area contributed by atoms with Crippen molar-refractivity contribution in [3.63, 3.8) is 0 Å². The van der Waals surface area contributed by atoms with E-state index in [9.17, 15) is 4.79 Å². The Kier molecular flexibility index (Phi) is 3.65. The van der Waals surface area contributed by atoms with Crippen LogP contribution in [-0.4, -0.2) is 40.5 Å². The van der Waals surface area contributed by atoms with Gasteiger partial charge in [0.15, 0.2) is 0 Å². The molecule has 1 saturated heterocycles. The topological polar surface area (TPSA) is 68.4 Å². The number of hydrogen-bond acceptors (Lipinski definition) is 4. The fourth-order valence-electron chi connectivity index (χ4n) is 1.65. The highest BCUT2D eigenvalue weighted by atomic mass is 32.1. The number of carbonyl (C=O) groups excluding carboxylic acids is 1. The lowest BCUT2D eigenvalue weighted by Gasteiger charge is -2.26. The molecule has 0 bridgehead atoms. The summed E-state index contributed by atoms with van der Waals surface area (Å²) < 4.78 is 5.07. The number of nitrogens with zero attached hydrogens (tertiary/aromatic N) is 2. The number of ether oxygens (including phenoxy) is 1. The maximum atomic E-state index is 11.6. The van der Waals surface area contributed by atoms with Gasteiger partial charge < -0.3 is 15.4 Å². The van der Waals surface area contributed by atoms with Gasteiger partial charge in [-0.2, -0.15) is 0 Å². The van der Waals surface area contributed by atoms with E-state index >= 15 is 0 Å². The molecule has 2 heterocycles. The molecule has 1 aromatic rings. The smallest absolute Gasteiger partial charge is 0.248 e. The van der Waals surface area contributed by atoms with Crippen molar-refractivity contribution in [2.45, 2.75) is 6.54 Å². The number of nitrogens with two attached hydrogens (primary N) is 1. The Morgan fingerprint density at radius 2 is 2.47 bits per heavy atom. The third-order valence-corrected chi connectivity index (χ3v) is 2.74. The molecule has 90 valence electrons. The Hall–Kier alpha value is -1.53. The summed E-state index contributed by atoms with van der Waals surface area (Å²) in [7, 11) is 0. The third kappa shape index (κ3) is 2.98. The van der Waals surface area contributed by atoms with Crippen LogP contribution in [0.25, 0.3) is 0 Å². The van der Waals surface area contributed by atoms with Gasteiger partial charge >= 0.3 is 0 Å². The van der Waals surface area contributed by atoms with E-state index in [1.54, 1.807) is 11.1 Å². The molecule has 0 radical (unpaired) electrons. The Morgan fingerprint density at radius 1 is 1.65 bits per heavy atom. The average Bonchev–Trinajstić information content (AvgIpc) is 2.32. The molecule has 0 aromatic carbocycles. The van der Waals surface area contributed by atoms with Gasteiger partial charge in [-0.15, -0.1) is 0 Å². The van der Waals surface area contributed by atoms with E-state index in [0.29, 0.717) is 25.4 Å². The Labute approximate surface area is 105 Å². The van der Waals surface area contributed by atoms with E-state index in [-0.39, 0.29) is 17.5 Å². The number of amides is 1. The lowest BCUT2D eigenvalue weighted by atomic mass is 10.2. The molecule has 1 fully saturated rings. The van der Waals surface area contributed by atoms with Gasteiger partial charge in [0.25, 0.3) is 0 Å². The monoisotopic (exact) mass is 251 g/mol. The predicted octanol–water partition coefficient (Wildman–Crippen LogP) is 0.0746. The minimum absolute atomic E-state index is 0.00457. The number of rotatable bonds is 3. The zero-order chi connectivity index (χ0) is 12.3. The standard InChI is InChI=1S/C11H13N3O2S/c12-11(17)9-5-8(1-2-13-9)6-14-3-4-16-7-10(14)15/h1-2,5H,3-4,6-7H2,(H2,12,17). The highest BCUT2D eigenvalue weighted by molar-refractivity contribution is 7.80. The normalized spacial score (nSPS) is 16.0. The molecular weight excluding hydrogens is 238 g/mol. The maximum Gasteiger partial charge on any atom is 0.248 e. The Bertz CT molecular complexity index is 450. The molecular formula is C11H13N3O2S. The molecule has 0 aliphatic carbocycles. The SMILES string of the molecule is NC(=S)c1cc(CN2CCOCC2=O)ccn1. The molecule has 1 amide bonds. The molecule has 0 unspecified atom stereocenters. The minimum Gasteiger partial charge on any atom is -0.388 e. The second-order valence-corrected chi connectivity index (χ2v) is 4.22. The van der Waals surface area contributed by atoms with Crippen molar-refractivity contribution in [3.8, 4) is 0 Å². The number of morpholine rings is 1. The summed E-state index contributed by atoms with van der Waals surface area (Å²) in [5.74, 6) is 0.00457. The molecule has 6 heteroatoms. The predicted molar refractivity (Wildman–Crippen MR) is 66.4 cm³/mol. The minimum atomic E-state index is 0.00457. The van der Waals surface area contributed by atoms with Crippen LogP contribution < -0.4 is 5.73 Å². The number of hydrogen-bond donors (Lipinski definition) is 1. The van der Waals surface area contributed by atoms with Gasteiger partial charge in [0.05, 0.1) is 12.3 Å². The number of aromatic nitrogens is 1. The van der Waals surface area contributed by atoms with Crippen LogP contribution >= 0.6 is 12.2 Å². The summed E-state index contributed by atoms with van der Waals surface area (Å²) in [5, 5.41) is 0. The van der Waals surface area contributed by atoms with E-state index in [1.165, 1.54) is 0 Å². The van der Waals surface area contributed by atoms with Gasteiger partial charge in [0.2, 0.25) is 5.91 Å². The molecule has 2 N–H and O–H groups in total. The summed E-state index contributed by atoms with van der Waals surface area (Å²) in [6, 6.07) is 3.66. The van der Waals surface area contributed by atoms with Crippen LogP contribution in [0.4, 0.5) is 0 Å². The maximum absolute atomic E-state index is 11.6. The fourth-order valence-corrected chi connectivity index (χ4v) is 1.76. The van der Waals surface area contributed by atoms with Gasteiger partial charge in [-0.05, 0) is 17.7 Å². The summed E-state index contributed by atoms with van der Waals surface area (Å²) >= 11 is 4.86. The lowest BCUT2D eigenvalue weighted by Crippen LogP contribution is -2.40. The van der Waals surface area contributed by atoms with Crippen molar-refractivity contribution >= 4 is 23.1 Å².